The third-order valence-corrected chi connectivity index (χ3v) is 2.51. The molecule has 13 heavy (non-hydrogen) atoms. The van der Waals surface area contributed by atoms with Crippen molar-refractivity contribution in [2.75, 3.05) is 39.8 Å². The van der Waals surface area contributed by atoms with E-state index in [0.29, 0.717) is 5.41 Å². The first-order chi connectivity index (χ1) is 5.97. The van der Waals surface area contributed by atoms with Crippen molar-refractivity contribution in [3.05, 3.63) is 0 Å². The topological polar surface area (TPSA) is 6.48 Å². The largest absolute Gasteiger partial charge is 0.305 e. The molecule has 1 saturated heterocycles. The molecule has 0 amide bonds. The second-order valence-electron chi connectivity index (χ2n) is 5.49. The van der Waals surface area contributed by atoms with Crippen molar-refractivity contribution in [3.8, 4) is 0 Å². The molecule has 0 aromatic carbocycles. The van der Waals surface area contributed by atoms with Crippen molar-refractivity contribution in [1.82, 2.24) is 9.80 Å². The summed E-state index contributed by atoms with van der Waals surface area (Å²) in [6.45, 7) is 13.2. The average Bonchev–Trinajstić information content (AvgIpc) is 2.12. The van der Waals surface area contributed by atoms with Crippen molar-refractivity contribution in [3.63, 3.8) is 0 Å². The third kappa shape index (κ3) is 4.63. The van der Waals surface area contributed by atoms with Gasteiger partial charge in [0, 0.05) is 19.6 Å². The van der Waals surface area contributed by atoms with E-state index in [1.54, 1.807) is 0 Å². The molecule has 1 aliphatic heterocycles. The Morgan fingerprint density at radius 3 is 2.31 bits per heavy atom. The fraction of sp³-hybridized carbons (Fsp3) is 1.00. The van der Waals surface area contributed by atoms with Crippen LogP contribution in [0.25, 0.3) is 0 Å². The van der Waals surface area contributed by atoms with E-state index in [2.05, 4.69) is 37.6 Å². The van der Waals surface area contributed by atoms with E-state index in [0.717, 1.165) is 0 Å². The zero-order chi connectivity index (χ0) is 9.90. The molecule has 0 aliphatic carbocycles. The Balaban J connectivity index is 2.34. The first-order valence-electron chi connectivity index (χ1n) is 5.38. The van der Waals surface area contributed by atoms with Gasteiger partial charge in [-0.25, -0.2) is 0 Å². The van der Waals surface area contributed by atoms with Crippen LogP contribution < -0.4 is 0 Å². The van der Waals surface area contributed by atoms with Gasteiger partial charge in [0.05, 0.1) is 0 Å². The van der Waals surface area contributed by atoms with Crippen molar-refractivity contribution >= 4 is 0 Å². The maximum Gasteiger partial charge on any atom is 0.0109 e. The predicted molar refractivity (Wildman–Crippen MR) is 58.0 cm³/mol. The highest BCUT2D eigenvalue weighted by Crippen LogP contribution is 2.16. The van der Waals surface area contributed by atoms with Crippen LogP contribution in [-0.2, 0) is 0 Å². The number of hydrogen-bond acceptors (Lipinski definition) is 2. The van der Waals surface area contributed by atoms with Gasteiger partial charge in [0.2, 0.25) is 0 Å². The fourth-order valence-corrected chi connectivity index (χ4v) is 1.93. The van der Waals surface area contributed by atoms with E-state index in [4.69, 9.17) is 0 Å². The van der Waals surface area contributed by atoms with Crippen LogP contribution in [0.15, 0.2) is 0 Å². The maximum absolute atomic E-state index is 2.60. The van der Waals surface area contributed by atoms with E-state index in [-0.39, 0.29) is 0 Å². The van der Waals surface area contributed by atoms with Gasteiger partial charge >= 0.3 is 0 Å². The van der Waals surface area contributed by atoms with Crippen molar-refractivity contribution in [2.24, 2.45) is 5.41 Å². The Hall–Kier alpha value is -0.0800. The van der Waals surface area contributed by atoms with Crippen LogP contribution in [-0.4, -0.2) is 49.6 Å². The highest BCUT2D eigenvalue weighted by atomic mass is 15.2. The molecule has 0 radical (unpaired) electrons. The van der Waals surface area contributed by atoms with Gasteiger partial charge in [-0.2, -0.15) is 0 Å². The number of hydrogen-bond donors (Lipinski definition) is 0. The lowest BCUT2D eigenvalue weighted by Crippen LogP contribution is -2.35. The summed E-state index contributed by atoms with van der Waals surface area (Å²) in [5.74, 6) is 0. The minimum atomic E-state index is 0.447. The van der Waals surface area contributed by atoms with Crippen LogP contribution in [0.5, 0.6) is 0 Å². The van der Waals surface area contributed by atoms with Gasteiger partial charge in [0.15, 0.2) is 0 Å². The predicted octanol–water partition coefficient (Wildman–Crippen LogP) is 1.67. The van der Waals surface area contributed by atoms with Crippen molar-refractivity contribution < 1.29 is 0 Å². The summed E-state index contributed by atoms with van der Waals surface area (Å²) in [6, 6.07) is 0. The van der Waals surface area contributed by atoms with Gasteiger partial charge < -0.3 is 9.80 Å². The molecular weight excluding hydrogens is 160 g/mol. The summed E-state index contributed by atoms with van der Waals surface area (Å²) >= 11 is 0. The lowest BCUT2D eigenvalue weighted by Gasteiger charge is -2.28. The lowest BCUT2D eigenvalue weighted by atomic mass is 9.96. The summed E-state index contributed by atoms with van der Waals surface area (Å²) < 4.78 is 0. The second-order valence-corrected chi connectivity index (χ2v) is 5.49. The Labute approximate surface area is 82.9 Å². The normalized spacial score (nSPS) is 23.1. The van der Waals surface area contributed by atoms with Crippen LogP contribution in [0.4, 0.5) is 0 Å². The zero-order valence-corrected chi connectivity index (χ0v) is 9.64. The number of rotatable bonds is 1. The second kappa shape index (κ2) is 4.43. The van der Waals surface area contributed by atoms with Gasteiger partial charge in [-0.3, -0.25) is 0 Å². The molecule has 0 saturated carbocycles. The molecular formula is C11H24N2. The Kier molecular flexibility index (Phi) is 3.74. The van der Waals surface area contributed by atoms with Gasteiger partial charge in [-0.05, 0) is 32.0 Å². The van der Waals surface area contributed by atoms with Crippen molar-refractivity contribution in [2.45, 2.75) is 27.2 Å². The zero-order valence-electron chi connectivity index (χ0n) is 9.64. The third-order valence-electron chi connectivity index (χ3n) is 2.51. The van der Waals surface area contributed by atoms with Gasteiger partial charge in [-0.15, -0.1) is 0 Å². The Morgan fingerprint density at radius 1 is 1.00 bits per heavy atom. The summed E-state index contributed by atoms with van der Waals surface area (Å²) in [7, 11) is 2.22. The fourth-order valence-electron chi connectivity index (χ4n) is 1.93. The monoisotopic (exact) mass is 184 g/mol. The van der Waals surface area contributed by atoms with Gasteiger partial charge in [-0.1, -0.05) is 20.8 Å². The summed E-state index contributed by atoms with van der Waals surface area (Å²) in [6.07, 6.45) is 1.33. The summed E-state index contributed by atoms with van der Waals surface area (Å²) in [5.41, 5.74) is 0.447. The highest BCUT2D eigenvalue weighted by molar-refractivity contribution is 4.73. The van der Waals surface area contributed by atoms with E-state index in [9.17, 15) is 0 Å². The molecule has 0 spiro atoms. The average molecular weight is 184 g/mol. The minimum absolute atomic E-state index is 0.447. The molecule has 2 nitrogen and oxygen atoms in total. The molecule has 1 aliphatic rings. The lowest BCUT2D eigenvalue weighted by molar-refractivity contribution is 0.196. The first-order valence-corrected chi connectivity index (χ1v) is 5.38. The summed E-state index contributed by atoms with van der Waals surface area (Å²) in [5, 5.41) is 0. The first kappa shape index (κ1) is 11.0. The molecule has 0 aromatic heterocycles. The minimum Gasteiger partial charge on any atom is -0.305 e. The van der Waals surface area contributed by atoms with Gasteiger partial charge in [0.1, 0.15) is 0 Å². The Morgan fingerprint density at radius 2 is 1.69 bits per heavy atom. The molecule has 2 heteroatoms. The van der Waals surface area contributed by atoms with Crippen LogP contribution in [0, 0.1) is 5.41 Å². The molecule has 1 rings (SSSR count). The van der Waals surface area contributed by atoms with Crippen molar-refractivity contribution in [1.29, 1.82) is 0 Å². The molecule has 78 valence electrons. The van der Waals surface area contributed by atoms with E-state index in [1.165, 1.54) is 39.1 Å². The maximum atomic E-state index is 2.60. The van der Waals surface area contributed by atoms with E-state index in [1.807, 2.05) is 0 Å². The Bertz CT molecular complexity index is 149. The van der Waals surface area contributed by atoms with Crippen LogP contribution in [0.1, 0.15) is 27.2 Å². The molecule has 0 atom stereocenters. The summed E-state index contributed by atoms with van der Waals surface area (Å²) in [4.78, 5) is 5.03. The molecule has 0 N–H and O–H groups in total. The molecule has 1 heterocycles. The van der Waals surface area contributed by atoms with E-state index >= 15 is 0 Å². The van der Waals surface area contributed by atoms with Crippen LogP contribution in [0.3, 0.4) is 0 Å². The number of likely N-dealkylation sites (N-methyl/N-ethyl adjacent to an activating group) is 1. The standard InChI is InChI=1S/C11H24N2/c1-11(2,3)10-13-7-5-6-12(4)8-9-13/h5-10H2,1-4H3. The van der Waals surface area contributed by atoms with Crippen LogP contribution in [0.2, 0.25) is 0 Å². The SMILES string of the molecule is CN1CCCN(CC(C)(C)C)CC1. The quantitative estimate of drug-likeness (QED) is 0.611. The smallest absolute Gasteiger partial charge is 0.0109 e. The highest BCUT2D eigenvalue weighted by Gasteiger charge is 2.18. The molecule has 0 aromatic rings. The van der Waals surface area contributed by atoms with Gasteiger partial charge in [0.25, 0.3) is 0 Å². The molecule has 0 bridgehead atoms. The molecule has 0 unspecified atom stereocenters. The molecule has 1 fully saturated rings. The number of nitrogens with zero attached hydrogens (tertiary/aromatic N) is 2. The van der Waals surface area contributed by atoms with Crippen LogP contribution >= 0.6 is 0 Å². The van der Waals surface area contributed by atoms with E-state index < -0.39 is 0 Å².